The van der Waals surface area contributed by atoms with Gasteiger partial charge in [-0.2, -0.15) is 0 Å². The van der Waals surface area contributed by atoms with Gasteiger partial charge in [-0.05, 0) is 6.07 Å². The summed E-state index contributed by atoms with van der Waals surface area (Å²) in [5.74, 6) is 1.06. The Hall–Kier alpha value is -1.95. The molecule has 0 saturated heterocycles. The van der Waals surface area contributed by atoms with Gasteiger partial charge in [0.15, 0.2) is 0 Å². The van der Waals surface area contributed by atoms with E-state index in [2.05, 4.69) is 10.2 Å². The van der Waals surface area contributed by atoms with Crippen molar-refractivity contribution in [2.45, 2.75) is 6.42 Å². The van der Waals surface area contributed by atoms with Crippen molar-refractivity contribution in [3.63, 3.8) is 0 Å². The van der Waals surface area contributed by atoms with Crippen molar-refractivity contribution in [2.75, 3.05) is 5.88 Å². The summed E-state index contributed by atoms with van der Waals surface area (Å²) in [5, 5.41) is 18.2. The third-order valence-electron chi connectivity index (χ3n) is 2.08. The highest BCUT2D eigenvalue weighted by molar-refractivity contribution is 6.17. The Balaban J connectivity index is 2.32. The lowest BCUT2D eigenvalue weighted by molar-refractivity contribution is -0.384. The van der Waals surface area contributed by atoms with Gasteiger partial charge in [0.1, 0.15) is 0 Å². The van der Waals surface area contributed by atoms with Crippen LogP contribution in [0.2, 0.25) is 0 Å². The number of aromatic nitrogens is 2. The highest BCUT2D eigenvalue weighted by atomic mass is 35.5. The third-order valence-corrected chi connectivity index (χ3v) is 2.27. The van der Waals surface area contributed by atoms with Gasteiger partial charge in [0, 0.05) is 30.0 Å². The van der Waals surface area contributed by atoms with Crippen molar-refractivity contribution in [1.82, 2.24) is 10.2 Å². The number of nitrogens with zero attached hydrogens (tertiary/aromatic N) is 3. The predicted molar refractivity (Wildman–Crippen MR) is 60.8 cm³/mol. The molecule has 0 fully saturated rings. The van der Waals surface area contributed by atoms with Gasteiger partial charge in [-0.25, -0.2) is 0 Å². The van der Waals surface area contributed by atoms with Crippen LogP contribution in [0, 0.1) is 10.1 Å². The smallest absolute Gasteiger partial charge is 0.270 e. The Morgan fingerprint density at radius 1 is 1.41 bits per heavy atom. The normalized spacial score (nSPS) is 10.4. The molecule has 1 aromatic heterocycles. The first-order valence-electron chi connectivity index (χ1n) is 4.84. The van der Waals surface area contributed by atoms with Crippen molar-refractivity contribution >= 4 is 17.3 Å². The van der Waals surface area contributed by atoms with Crippen LogP contribution in [-0.2, 0) is 6.42 Å². The quantitative estimate of drug-likeness (QED) is 0.475. The molecule has 7 heteroatoms. The molecule has 0 aliphatic carbocycles. The largest absolute Gasteiger partial charge is 0.421 e. The minimum atomic E-state index is -0.473. The Morgan fingerprint density at radius 3 is 2.94 bits per heavy atom. The molecule has 0 atom stereocenters. The molecule has 2 rings (SSSR count). The van der Waals surface area contributed by atoms with Crippen LogP contribution in [0.3, 0.4) is 0 Å². The first kappa shape index (κ1) is 11.5. The molecule has 0 saturated carbocycles. The summed E-state index contributed by atoms with van der Waals surface area (Å²) in [6, 6.07) is 6.03. The van der Waals surface area contributed by atoms with Crippen LogP contribution in [0.15, 0.2) is 28.7 Å². The SMILES string of the molecule is O=[N+]([O-])c1cccc(-c2nnc(CCCl)o2)c1. The Kier molecular flexibility index (Phi) is 3.34. The number of rotatable bonds is 4. The van der Waals surface area contributed by atoms with Crippen LogP contribution in [-0.4, -0.2) is 21.0 Å². The van der Waals surface area contributed by atoms with E-state index in [9.17, 15) is 10.1 Å². The van der Waals surface area contributed by atoms with Crippen LogP contribution in [0.1, 0.15) is 5.89 Å². The van der Waals surface area contributed by atoms with Crippen molar-refractivity contribution in [2.24, 2.45) is 0 Å². The number of hydrogen-bond donors (Lipinski definition) is 0. The van der Waals surface area contributed by atoms with Gasteiger partial charge in [-0.1, -0.05) is 6.07 Å². The summed E-state index contributed by atoms with van der Waals surface area (Å²) in [5.41, 5.74) is 0.507. The van der Waals surface area contributed by atoms with Gasteiger partial charge < -0.3 is 4.42 Å². The van der Waals surface area contributed by atoms with Crippen molar-refractivity contribution in [1.29, 1.82) is 0 Å². The first-order valence-corrected chi connectivity index (χ1v) is 5.37. The lowest BCUT2D eigenvalue weighted by atomic mass is 10.2. The summed E-state index contributed by atoms with van der Waals surface area (Å²) < 4.78 is 5.32. The van der Waals surface area contributed by atoms with Gasteiger partial charge in [0.25, 0.3) is 5.69 Å². The standard InChI is InChI=1S/C10H8ClN3O3/c11-5-4-9-12-13-10(17-9)7-2-1-3-8(6-7)14(15)16/h1-3,6H,4-5H2. The highest BCUT2D eigenvalue weighted by Gasteiger charge is 2.12. The van der Waals surface area contributed by atoms with Crippen molar-refractivity contribution < 1.29 is 9.34 Å². The molecule has 1 aromatic carbocycles. The Morgan fingerprint density at radius 2 is 2.24 bits per heavy atom. The second-order valence-corrected chi connectivity index (χ2v) is 3.63. The Bertz CT molecular complexity index is 541. The molecule has 6 nitrogen and oxygen atoms in total. The summed E-state index contributed by atoms with van der Waals surface area (Å²) in [4.78, 5) is 10.1. The molecule has 2 aromatic rings. The molecular weight excluding hydrogens is 246 g/mol. The van der Waals surface area contributed by atoms with Gasteiger partial charge in [0.05, 0.1) is 4.92 Å². The fourth-order valence-corrected chi connectivity index (χ4v) is 1.47. The van der Waals surface area contributed by atoms with Gasteiger partial charge in [0.2, 0.25) is 11.8 Å². The molecule has 1 heterocycles. The van der Waals surface area contributed by atoms with Crippen molar-refractivity contribution in [3.05, 3.63) is 40.3 Å². The van der Waals surface area contributed by atoms with E-state index in [0.717, 1.165) is 0 Å². The second kappa shape index (κ2) is 4.92. The van der Waals surface area contributed by atoms with Gasteiger partial charge in [-0.3, -0.25) is 10.1 Å². The number of alkyl halides is 1. The minimum Gasteiger partial charge on any atom is -0.421 e. The molecule has 0 bridgehead atoms. The zero-order valence-electron chi connectivity index (χ0n) is 8.67. The van der Waals surface area contributed by atoms with E-state index in [1.165, 1.54) is 12.1 Å². The number of non-ortho nitro benzene ring substituents is 1. The summed E-state index contributed by atoms with van der Waals surface area (Å²) in [7, 11) is 0. The predicted octanol–water partition coefficient (Wildman–Crippen LogP) is 2.43. The first-order chi connectivity index (χ1) is 8.20. The molecule has 0 aliphatic rings. The Labute approximate surface area is 101 Å². The average molecular weight is 254 g/mol. The summed E-state index contributed by atoms with van der Waals surface area (Å²) in [6.45, 7) is 0. The third kappa shape index (κ3) is 2.59. The second-order valence-electron chi connectivity index (χ2n) is 3.25. The molecule has 0 unspecified atom stereocenters. The molecule has 88 valence electrons. The lowest BCUT2D eigenvalue weighted by Crippen LogP contribution is -1.88. The molecular formula is C10H8ClN3O3. The van der Waals surface area contributed by atoms with E-state index in [4.69, 9.17) is 16.0 Å². The van der Waals surface area contributed by atoms with Gasteiger partial charge >= 0.3 is 0 Å². The van der Waals surface area contributed by atoms with E-state index in [1.54, 1.807) is 12.1 Å². The van der Waals surface area contributed by atoms with E-state index in [0.29, 0.717) is 23.8 Å². The monoisotopic (exact) mass is 253 g/mol. The van der Waals surface area contributed by atoms with Crippen LogP contribution in [0.4, 0.5) is 5.69 Å². The average Bonchev–Trinajstić information content (AvgIpc) is 2.78. The number of benzene rings is 1. The fourth-order valence-electron chi connectivity index (χ4n) is 1.30. The maximum absolute atomic E-state index is 10.6. The van der Waals surface area contributed by atoms with E-state index < -0.39 is 4.92 Å². The molecule has 0 N–H and O–H groups in total. The zero-order chi connectivity index (χ0) is 12.3. The zero-order valence-corrected chi connectivity index (χ0v) is 9.42. The molecule has 0 spiro atoms. The maximum Gasteiger partial charge on any atom is 0.270 e. The van der Waals surface area contributed by atoms with Crippen LogP contribution < -0.4 is 0 Å². The molecule has 0 amide bonds. The molecule has 0 aliphatic heterocycles. The fraction of sp³-hybridized carbons (Fsp3) is 0.200. The number of aryl methyl sites for hydroxylation is 1. The van der Waals surface area contributed by atoms with Crippen molar-refractivity contribution in [3.8, 4) is 11.5 Å². The number of halogens is 1. The number of nitro benzene ring substituents is 1. The molecule has 17 heavy (non-hydrogen) atoms. The van der Waals surface area contributed by atoms with E-state index >= 15 is 0 Å². The number of hydrogen-bond acceptors (Lipinski definition) is 5. The van der Waals surface area contributed by atoms with Gasteiger partial charge in [-0.15, -0.1) is 21.8 Å². The number of nitro groups is 1. The lowest BCUT2D eigenvalue weighted by Gasteiger charge is -1.94. The minimum absolute atomic E-state index is 0.0143. The van der Waals surface area contributed by atoms with E-state index in [1.807, 2.05) is 0 Å². The summed E-state index contributed by atoms with van der Waals surface area (Å²) >= 11 is 5.54. The van der Waals surface area contributed by atoms with Crippen LogP contribution in [0.5, 0.6) is 0 Å². The van der Waals surface area contributed by atoms with Crippen LogP contribution in [0.25, 0.3) is 11.5 Å². The van der Waals surface area contributed by atoms with E-state index in [-0.39, 0.29) is 11.6 Å². The molecule has 0 radical (unpaired) electrons. The topological polar surface area (TPSA) is 82.1 Å². The highest BCUT2D eigenvalue weighted by Crippen LogP contribution is 2.22. The maximum atomic E-state index is 10.6. The summed E-state index contributed by atoms with van der Waals surface area (Å²) in [6.07, 6.45) is 0.476. The van der Waals surface area contributed by atoms with Crippen LogP contribution >= 0.6 is 11.6 Å².